The summed E-state index contributed by atoms with van der Waals surface area (Å²) < 4.78 is 26.8. The van der Waals surface area contributed by atoms with Crippen LogP contribution in [0.3, 0.4) is 0 Å². The van der Waals surface area contributed by atoms with Gasteiger partial charge in [0, 0.05) is 5.69 Å². The van der Waals surface area contributed by atoms with Crippen molar-refractivity contribution in [3.63, 3.8) is 0 Å². The van der Waals surface area contributed by atoms with Crippen molar-refractivity contribution < 1.29 is 13.2 Å². The van der Waals surface area contributed by atoms with E-state index in [1.807, 2.05) is 26.0 Å². The Balaban J connectivity index is 1.97. The number of nitrogens with one attached hydrogen (secondary N) is 2. The van der Waals surface area contributed by atoms with Crippen LogP contribution in [0.5, 0.6) is 0 Å². The van der Waals surface area contributed by atoms with Crippen molar-refractivity contribution in [2.75, 3.05) is 11.9 Å². The van der Waals surface area contributed by atoms with Gasteiger partial charge in [-0.05, 0) is 61.2 Å². The summed E-state index contributed by atoms with van der Waals surface area (Å²) >= 11 is 0. The summed E-state index contributed by atoms with van der Waals surface area (Å²) in [5, 5.41) is 2.67. The Morgan fingerprint density at radius 3 is 2.25 bits per heavy atom. The van der Waals surface area contributed by atoms with Crippen LogP contribution in [-0.2, 0) is 21.2 Å². The van der Waals surface area contributed by atoms with E-state index >= 15 is 0 Å². The van der Waals surface area contributed by atoms with Crippen LogP contribution < -0.4 is 10.0 Å². The number of carbonyl (C=O) groups is 1. The van der Waals surface area contributed by atoms with Crippen molar-refractivity contribution in [1.82, 2.24) is 4.72 Å². The molecule has 0 aliphatic heterocycles. The Bertz CT molecular complexity index is 828. The molecular weight excluding hydrogens is 324 g/mol. The topological polar surface area (TPSA) is 75.3 Å². The van der Waals surface area contributed by atoms with E-state index in [0.717, 1.165) is 17.5 Å². The van der Waals surface area contributed by atoms with Crippen molar-refractivity contribution in [1.29, 1.82) is 0 Å². The van der Waals surface area contributed by atoms with Gasteiger partial charge in [-0.2, -0.15) is 0 Å². The van der Waals surface area contributed by atoms with Gasteiger partial charge in [0.05, 0.1) is 11.4 Å². The smallest absolute Gasteiger partial charge is 0.241 e. The van der Waals surface area contributed by atoms with E-state index in [9.17, 15) is 13.2 Å². The highest BCUT2D eigenvalue weighted by Gasteiger charge is 2.16. The van der Waals surface area contributed by atoms with Crippen LogP contribution in [0.15, 0.2) is 47.4 Å². The minimum atomic E-state index is -3.71. The molecule has 0 atom stereocenters. The van der Waals surface area contributed by atoms with E-state index in [1.54, 1.807) is 24.3 Å². The maximum Gasteiger partial charge on any atom is 0.241 e. The Labute approximate surface area is 143 Å². The van der Waals surface area contributed by atoms with E-state index in [2.05, 4.69) is 17.0 Å². The van der Waals surface area contributed by atoms with Crippen molar-refractivity contribution in [3.8, 4) is 0 Å². The number of aryl methyl sites for hydroxylation is 3. The van der Waals surface area contributed by atoms with Gasteiger partial charge in [-0.1, -0.05) is 25.1 Å². The molecule has 24 heavy (non-hydrogen) atoms. The molecule has 0 aromatic heterocycles. The average molecular weight is 346 g/mol. The minimum absolute atomic E-state index is 0.158. The molecule has 0 bridgehead atoms. The summed E-state index contributed by atoms with van der Waals surface area (Å²) in [5.74, 6) is -0.411. The number of hydrogen-bond acceptors (Lipinski definition) is 3. The minimum Gasteiger partial charge on any atom is -0.325 e. The number of rotatable bonds is 6. The first-order valence-corrected chi connectivity index (χ1v) is 9.26. The molecule has 0 saturated carbocycles. The highest BCUT2D eigenvalue weighted by molar-refractivity contribution is 7.89. The molecule has 0 spiro atoms. The van der Waals surface area contributed by atoms with Crippen molar-refractivity contribution in [3.05, 3.63) is 59.2 Å². The first kappa shape index (κ1) is 18.2. The predicted octanol–water partition coefficient (Wildman–Crippen LogP) is 2.78. The van der Waals surface area contributed by atoms with Crippen LogP contribution in [0, 0.1) is 13.8 Å². The second kappa shape index (κ2) is 7.59. The predicted molar refractivity (Wildman–Crippen MR) is 95.6 cm³/mol. The number of amides is 1. The van der Waals surface area contributed by atoms with Gasteiger partial charge >= 0.3 is 0 Å². The Morgan fingerprint density at radius 1 is 1.00 bits per heavy atom. The van der Waals surface area contributed by atoms with Crippen LogP contribution in [-0.4, -0.2) is 20.9 Å². The van der Waals surface area contributed by atoms with E-state index in [0.29, 0.717) is 5.69 Å². The number of anilines is 1. The van der Waals surface area contributed by atoms with E-state index in [4.69, 9.17) is 0 Å². The molecule has 0 radical (unpaired) electrons. The van der Waals surface area contributed by atoms with E-state index in [1.165, 1.54) is 11.6 Å². The zero-order chi connectivity index (χ0) is 17.7. The fraction of sp³-hybridized carbons (Fsp3) is 0.278. The SMILES string of the molecule is CCc1ccc(NC(=O)CNS(=O)(=O)c2ccc(C)c(C)c2)cc1. The molecule has 0 unspecified atom stereocenters. The van der Waals surface area contributed by atoms with Crippen LogP contribution in [0.1, 0.15) is 23.6 Å². The highest BCUT2D eigenvalue weighted by Crippen LogP contribution is 2.14. The maximum atomic E-state index is 12.2. The van der Waals surface area contributed by atoms with Crippen LogP contribution in [0.4, 0.5) is 5.69 Å². The number of benzene rings is 2. The van der Waals surface area contributed by atoms with E-state index < -0.39 is 15.9 Å². The lowest BCUT2D eigenvalue weighted by molar-refractivity contribution is -0.115. The van der Waals surface area contributed by atoms with Crippen LogP contribution in [0.2, 0.25) is 0 Å². The van der Waals surface area contributed by atoms with Gasteiger partial charge in [-0.3, -0.25) is 4.79 Å². The van der Waals surface area contributed by atoms with Crippen molar-refractivity contribution >= 4 is 21.6 Å². The third-order valence-electron chi connectivity index (χ3n) is 3.86. The average Bonchev–Trinajstić information content (AvgIpc) is 2.56. The summed E-state index contributed by atoms with van der Waals surface area (Å²) in [4.78, 5) is 12.1. The normalized spacial score (nSPS) is 11.3. The summed E-state index contributed by atoms with van der Waals surface area (Å²) in [5.41, 5.74) is 3.71. The van der Waals surface area contributed by atoms with Crippen LogP contribution in [0.25, 0.3) is 0 Å². The molecule has 6 heteroatoms. The summed E-state index contributed by atoms with van der Waals surface area (Å²) in [6.07, 6.45) is 0.921. The van der Waals surface area contributed by atoms with Gasteiger partial charge in [0.2, 0.25) is 15.9 Å². The standard InChI is InChI=1S/C18H22N2O3S/c1-4-15-6-8-16(9-7-15)20-18(21)12-19-24(22,23)17-10-5-13(2)14(3)11-17/h5-11,19H,4,12H2,1-3H3,(H,20,21). The molecule has 2 aromatic rings. The molecular formula is C18H22N2O3S. The largest absolute Gasteiger partial charge is 0.325 e. The molecule has 5 nitrogen and oxygen atoms in total. The lowest BCUT2D eigenvalue weighted by Gasteiger charge is -2.09. The molecule has 1 amide bonds. The van der Waals surface area contributed by atoms with Gasteiger partial charge in [-0.25, -0.2) is 13.1 Å². The zero-order valence-electron chi connectivity index (χ0n) is 14.1. The zero-order valence-corrected chi connectivity index (χ0v) is 14.9. The number of sulfonamides is 1. The lowest BCUT2D eigenvalue weighted by atomic mass is 10.1. The monoisotopic (exact) mass is 346 g/mol. The molecule has 0 aliphatic rings. The quantitative estimate of drug-likeness (QED) is 0.844. The molecule has 2 aromatic carbocycles. The maximum absolute atomic E-state index is 12.2. The fourth-order valence-electron chi connectivity index (χ4n) is 2.15. The Hall–Kier alpha value is -2.18. The molecule has 0 saturated heterocycles. The lowest BCUT2D eigenvalue weighted by Crippen LogP contribution is -2.32. The summed E-state index contributed by atoms with van der Waals surface area (Å²) in [7, 11) is -3.71. The second-order valence-electron chi connectivity index (χ2n) is 5.67. The number of hydrogen-bond donors (Lipinski definition) is 2. The molecule has 2 N–H and O–H groups in total. The van der Waals surface area contributed by atoms with Gasteiger partial charge in [0.15, 0.2) is 0 Å². The first-order valence-electron chi connectivity index (χ1n) is 7.77. The molecule has 0 aliphatic carbocycles. The first-order chi connectivity index (χ1) is 11.3. The van der Waals surface area contributed by atoms with Gasteiger partial charge in [0.25, 0.3) is 0 Å². The third kappa shape index (κ3) is 4.66. The van der Waals surface area contributed by atoms with Gasteiger partial charge < -0.3 is 5.32 Å². The summed E-state index contributed by atoms with van der Waals surface area (Å²) in [6, 6.07) is 12.3. The Kier molecular flexibility index (Phi) is 5.75. The number of carbonyl (C=O) groups excluding carboxylic acids is 1. The molecule has 128 valence electrons. The second-order valence-corrected chi connectivity index (χ2v) is 7.44. The fourth-order valence-corrected chi connectivity index (χ4v) is 3.22. The highest BCUT2D eigenvalue weighted by atomic mass is 32.2. The van der Waals surface area contributed by atoms with Crippen molar-refractivity contribution in [2.45, 2.75) is 32.1 Å². The molecule has 2 rings (SSSR count). The van der Waals surface area contributed by atoms with E-state index in [-0.39, 0.29) is 11.4 Å². The van der Waals surface area contributed by atoms with Crippen LogP contribution >= 0.6 is 0 Å². The molecule has 0 fully saturated rings. The Morgan fingerprint density at radius 2 is 1.67 bits per heavy atom. The third-order valence-corrected chi connectivity index (χ3v) is 5.26. The van der Waals surface area contributed by atoms with Crippen molar-refractivity contribution in [2.24, 2.45) is 0 Å². The van der Waals surface area contributed by atoms with Gasteiger partial charge in [0.1, 0.15) is 0 Å². The van der Waals surface area contributed by atoms with Gasteiger partial charge in [-0.15, -0.1) is 0 Å². The summed E-state index contributed by atoms with van der Waals surface area (Å²) in [6.45, 7) is 5.50. The molecule has 0 heterocycles.